The topological polar surface area (TPSA) is 50.5 Å². The van der Waals surface area contributed by atoms with Crippen LogP contribution in [0.5, 0.6) is 0 Å². The second kappa shape index (κ2) is 5.85. The molecular formula is C14H15F2NO3S. The molecule has 0 bridgehead atoms. The van der Waals surface area contributed by atoms with Gasteiger partial charge >= 0.3 is 5.76 Å². The lowest BCUT2D eigenvalue weighted by atomic mass is 10.2. The SMILES string of the molecule is Cc1occc1CN(C)c1ccccc1S(=O)(=O)C(F)F. The lowest BCUT2D eigenvalue weighted by Crippen LogP contribution is -2.21. The van der Waals surface area contributed by atoms with Crippen molar-refractivity contribution in [1.82, 2.24) is 0 Å². The molecule has 0 amide bonds. The molecule has 0 spiro atoms. The molecule has 0 N–H and O–H groups in total. The van der Waals surface area contributed by atoms with Crippen molar-refractivity contribution in [3.05, 3.63) is 47.9 Å². The van der Waals surface area contributed by atoms with Crippen molar-refractivity contribution < 1.29 is 21.6 Å². The number of sulfone groups is 1. The summed E-state index contributed by atoms with van der Waals surface area (Å²) in [5.74, 6) is -2.74. The van der Waals surface area contributed by atoms with E-state index in [9.17, 15) is 17.2 Å². The number of anilines is 1. The maximum absolute atomic E-state index is 12.8. The number of hydrogen-bond donors (Lipinski definition) is 0. The lowest BCUT2D eigenvalue weighted by Gasteiger charge is -2.22. The minimum Gasteiger partial charge on any atom is -0.469 e. The fourth-order valence-corrected chi connectivity index (χ4v) is 3.00. The zero-order valence-corrected chi connectivity index (χ0v) is 12.4. The van der Waals surface area contributed by atoms with Crippen LogP contribution in [0.25, 0.3) is 0 Å². The molecular weight excluding hydrogens is 300 g/mol. The van der Waals surface area contributed by atoms with Crippen molar-refractivity contribution in [3.8, 4) is 0 Å². The van der Waals surface area contributed by atoms with E-state index in [1.165, 1.54) is 24.5 Å². The highest BCUT2D eigenvalue weighted by molar-refractivity contribution is 7.91. The van der Waals surface area contributed by atoms with Crippen LogP contribution in [-0.2, 0) is 16.4 Å². The summed E-state index contributed by atoms with van der Waals surface area (Å²) < 4.78 is 54.2. The van der Waals surface area contributed by atoms with Crippen molar-refractivity contribution in [3.63, 3.8) is 0 Å². The average Bonchev–Trinajstić information content (AvgIpc) is 2.84. The lowest BCUT2D eigenvalue weighted by molar-refractivity contribution is 0.235. The minimum atomic E-state index is -4.64. The van der Waals surface area contributed by atoms with E-state index in [0.717, 1.165) is 5.56 Å². The Morgan fingerprint density at radius 1 is 1.24 bits per heavy atom. The third-order valence-corrected chi connectivity index (χ3v) is 4.62. The minimum absolute atomic E-state index is 0.235. The fourth-order valence-electron chi connectivity index (χ4n) is 2.03. The van der Waals surface area contributed by atoms with E-state index in [2.05, 4.69) is 0 Å². The number of halogens is 2. The van der Waals surface area contributed by atoms with Gasteiger partial charge in [-0.25, -0.2) is 8.42 Å². The van der Waals surface area contributed by atoms with Crippen LogP contribution in [0.4, 0.5) is 14.5 Å². The van der Waals surface area contributed by atoms with Gasteiger partial charge in [0.05, 0.1) is 16.8 Å². The maximum Gasteiger partial charge on any atom is 0.341 e. The molecule has 0 radical (unpaired) electrons. The molecule has 2 rings (SSSR count). The first-order valence-electron chi connectivity index (χ1n) is 6.19. The molecule has 114 valence electrons. The summed E-state index contributed by atoms with van der Waals surface area (Å²) in [6.45, 7) is 2.14. The van der Waals surface area contributed by atoms with E-state index in [-0.39, 0.29) is 10.6 Å². The smallest absolute Gasteiger partial charge is 0.341 e. The second-order valence-electron chi connectivity index (χ2n) is 4.63. The van der Waals surface area contributed by atoms with Gasteiger partial charge < -0.3 is 9.32 Å². The number of aryl methyl sites for hydroxylation is 1. The zero-order valence-electron chi connectivity index (χ0n) is 11.6. The van der Waals surface area contributed by atoms with Gasteiger partial charge in [0.25, 0.3) is 0 Å². The monoisotopic (exact) mass is 315 g/mol. The Balaban J connectivity index is 2.39. The van der Waals surface area contributed by atoms with Crippen LogP contribution in [0.1, 0.15) is 11.3 Å². The quantitative estimate of drug-likeness (QED) is 0.850. The standard InChI is InChI=1S/C14H15F2NO3S/c1-10-11(7-8-20-10)9-17(2)12-5-3-4-6-13(12)21(18,19)14(15)16/h3-8,14H,9H2,1-2H3. The molecule has 0 aliphatic heterocycles. The summed E-state index contributed by atoms with van der Waals surface area (Å²) in [5, 5.41) is 0. The number of hydrogen-bond acceptors (Lipinski definition) is 4. The highest BCUT2D eigenvalue weighted by Gasteiger charge is 2.30. The fraction of sp³-hybridized carbons (Fsp3) is 0.286. The van der Waals surface area contributed by atoms with Gasteiger partial charge in [0, 0.05) is 19.2 Å². The van der Waals surface area contributed by atoms with Crippen molar-refractivity contribution in [1.29, 1.82) is 0 Å². The molecule has 0 unspecified atom stereocenters. The number of para-hydroxylation sites is 1. The Kier molecular flexibility index (Phi) is 4.32. The Hall–Kier alpha value is -1.89. The van der Waals surface area contributed by atoms with E-state index in [1.54, 1.807) is 31.0 Å². The first-order chi connectivity index (χ1) is 9.84. The zero-order chi connectivity index (χ0) is 15.6. The van der Waals surface area contributed by atoms with Crippen LogP contribution >= 0.6 is 0 Å². The molecule has 2 aromatic rings. The molecule has 0 fully saturated rings. The van der Waals surface area contributed by atoms with Gasteiger partial charge in [0.15, 0.2) is 0 Å². The largest absolute Gasteiger partial charge is 0.469 e. The Morgan fingerprint density at radius 2 is 1.90 bits per heavy atom. The van der Waals surface area contributed by atoms with Crippen LogP contribution in [0, 0.1) is 6.92 Å². The number of rotatable bonds is 5. The van der Waals surface area contributed by atoms with Gasteiger partial charge in [0.2, 0.25) is 9.84 Å². The molecule has 1 aromatic heterocycles. The molecule has 1 aromatic carbocycles. The van der Waals surface area contributed by atoms with Gasteiger partial charge in [-0.15, -0.1) is 0 Å². The number of alkyl halides is 2. The first-order valence-corrected chi connectivity index (χ1v) is 7.74. The van der Waals surface area contributed by atoms with E-state index in [0.29, 0.717) is 12.3 Å². The predicted octanol–water partition coefficient (Wildman–Crippen LogP) is 3.22. The summed E-state index contributed by atoms with van der Waals surface area (Å²) >= 11 is 0. The summed E-state index contributed by atoms with van der Waals surface area (Å²) in [5.41, 5.74) is 1.10. The van der Waals surface area contributed by atoms with Crippen molar-refractivity contribution >= 4 is 15.5 Å². The second-order valence-corrected chi connectivity index (χ2v) is 6.52. The normalized spacial score (nSPS) is 11.9. The summed E-state index contributed by atoms with van der Waals surface area (Å²) in [4.78, 5) is 1.23. The van der Waals surface area contributed by atoms with Gasteiger partial charge in [-0.1, -0.05) is 12.1 Å². The number of nitrogens with zero attached hydrogens (tertiary/aromatic N) is 1. The average molecular weight is 315 g/mol. The molecule has 4 nitrogen and oxygen atoms in total. The summed E-state index contributed by atoms with van der Waals surface area (Å²) in [6.07, 6.45) is 1.53. The predicted molar refractivity (Wildman–Crippen MR) is 75.2 cm³/mol. The van der Waals surface area contributed by atoms with Crippen LogP contribution in [0.2, 0.25) is 0 Å². The van der Waals surface area contributed by atoms with Crippen LogP contribution in [-0.4, -0.2) is 21.2 Å². The molecule has 0 saturated carbocycles. The van der Waals surface area contributed by atoms with Gasteiger partial charge in [-0.2, -0.15) is 8.78 Å². The number of furan rings is 1. The summed E-state index contributed by atoms with van der Waals surface area (Å²) in [6, 6.07) is 7.49. The first kappa shape index (κ1) is 15.5. The van der Waals surface area contributed by atoms with Gasteiger partial charge in [-0.05, 0) is 25.1 Å². The van der Waals surface area contributed by atoms with E-state index in [1.807, 2.05) is 0 Å². The molecule has 1 heterocycles. The molecule has 0 aliphatic carbocycles. The van der Waals surface area contributed by atoms with Crippen molar-refractivity contribution in [2.45, 2.75) is 24.1 Å². The highest BCUT2D eigenvalue weighted by Crippen LogP contribution is 2.29. The maximum atomic E-state index is 12.8. The molecule has 0 atom stereocenters. The molecule has 7 heteroatoms. The summed E-state index contributed by atoms with van der Waals surface area (Å²) in [7, 11) is -2.99. The van der Waals surface area contributed by atoms with E-state index < -0.39 is 15.6 Å². The van der Waals surface area contributed by atoms with E-state index >= 15 is 0 Å². The Labute approximate surface area is 121 Å². The van der Waals surface area contributed by atoms with Crippen LogP contribution in [0.15, 0.2) is 45.9 Å². The molecule has 0 aliphatic rings. The third kappa shape index (κ3) is 3.07. The van der Waals surface area contributed by atoms with Crippen molar-refractivity contribution in [2.24, 2.45) is 0 Å². The molecule has 21 heavy (non-hydrogen) atoms. The van der Waals surface area contributed by atoms with Crippen molar-refractivity contribution in [2.75, 3.05) is 11.9 Å². The Bertz CT molecular complexity index is 725. The third-order valence-electron chi connectivity index (χ3n) is 3.19. The van der Waals surface area contributed by atoms with Crippen LogP contribution < -0.4 is 4.90 Å². The Morgan fingerprint density at radius 3 is 2.48 bits per heavy atom. The van der Waals surface area contributed by atoms with Gasteiger partial charge in [-0.3, -0.25) is 0 Å². The number of benzene rings is 1. The molecule has 0 saturated heterocycles. The highest BCUT2D eigenvalue weighted by atomic mass is 32.2. The van der Waals surface area contributed by atoms with E-state index in [4.69, 9.17) is 4.42 Å². The van der Waals surface area contributed by atoms with Crippen LogP contribution in [0.3, 0.4) is 0 Å². The van der Waals surface area contributed by atoms with Gasteiger partial charge in [0.1, 0.15) is 5.76 Å².